The molecule has 0 heterocycles. The highest BCUT2D eigenvalue weighted by Gasteiger charge is 2.29. The van der Waals surface area contributed by atoms with Gasteiger partial charge in [-0.2, -0.15) is 0 Å². The van der Waals surface area contributed by atoms with E-state index in [1.54, 1.807) is 12.1 Å². The van der Waals surface area contributed by atoms with Crippen molar-refractivity contribution in [2.75, 3.05) is 10.6 Å². The van der Waals surface area contributed by atoms with Gasteiger partial charge in [0.1, 0.15) is 5.82 Å². The Labute approximate surface area is 129 Å². The largest absolute Gasteiger partial charge is 0.378 e. The van der Waals surface area contributed by atoms with E-state index in [0.717, 1.165) is 24.2 Å². The lowest BCUT2D eigenvalue weighted by molar-refractivity contribution is -0.117. The Hall–Kier alpha value is -2.36. The van der Waals surface area contributed by atoms with E-state index in [-0.39, 0.29) is 23.7 Å². The first-order valence-electron chi connectivity index (χ1n) is 7.55. The molecule has 3 rings (SSSR count). The predicted molar refractivity (Wildman–Crippen MR) is 86.2 cm³/mol. The van der Waals surface area contributed by atoms with Gasteiger partial charge in [0.05, 0.1) is 6.04 Å². The van der Waals surface area contributed by atoms with Crippen LogP contribution in [-0.4, -0.2) is 5.91 Å². The van der Waals surface area contributed by atoms with Crippen LogP contribution in [0.4, 0.5) is 15.8 Å². The molecule has 2 N–H and O–H groups in total. The van der Waals surface area contributed by atoms with Gasteiger partial charge in [0.2, 0.25) is 5.91 Å². The number of anilines is 2. The minimum Gasteiger partial charge on any atom is -0.378 e. The zero-order valence-corrected chi connectivity index (χ0v) is 12.5. The van der Waals surface area contributed by atoms with Crippen molar-refractivity contribution in [1.29, 1.82) is 0 Å². The lowest BCUT2D eigenvalue weighted by atomic mass is 10.1. The van der Waals surface area contributed by atoms with Gasteiger partial charge in [-0.1, -0.05) is 24.3 Å². The molecule has 1 amide bonds. The van der Waals surface area contributed by atoms with Gasteiger partial charge in [-0.15, -0.1) is 0 Å². The number of nitrogens with one attached hydrogen (secondary N) is 2. The normalized spacial score (nSPS) is 15.2. The first-order valence-corrected chi connectivity index (χ1v) is 7.55. The highest BCUT2D eigenvalue weighted by Crippen LogP contribution is 2.30. The van der Waals surface area contributed by atoms with Crippen LogP contribution in [0.1, 0.15) is 31.4 Å². The van der Waals surface area contributed by atoms with E-state index < -0.39 is 0 Å². The molecule has 2 aromatic rings. The van der Waals surface area contributed by atoms with Crippen LogP contribution in [0.15, 0.2) is 48.5 Å². The van der Waals surface area contributed by atoms with Gasteiger partial charge in [0.15, 0.2) is 0 Å². The van der Waals surface area contributed by atoms with Crippen molar-refractivity contribution < 1.29 is 9.18 Å². The van der Waals surface area contributed by atoms with Crippen molar-refractivity contribution in [3.63, 3.8) is 0 Å². The van der Waals surface area contributed by atoms with Crippen LogP contribution in [0, 0.1) is 11.7 Å². The number of hydrogen-bond donors (Lipinski definition) is 2. The highest BCUT2D eigenvalue weighted by molar-refractivity contribution is 5.94. The molecule has 1 aliphatic rings. The predicted octanol–water partition coefficient (Wildman–Crippen LogP) is 4.35. The smallest absolute Gasteiger partial charge is 0.227 e. The number of carbonyl (C=O) groups excluding carboxylic acids is 1. The second kappa shape index (κ2) is 6.18. The van der Waals surface area contributed by atoms with Crippen molar-refractivity contribution in [1.82, 2.24) is 0 Å². The molecule has 0 radical (unpaired) electrons. The molecule has 1 unspecified atom stereocenters. The van der Waals surface area contributed by atoms with E-state index in [1.165, 1.54) is 6.07 Å². The van der Waals surface area contributed by atoms with Crippen LogP contribution in [0.3, 0.4) is 0 Å². The van der Waals surface area contributed by atoms with Crippen molar-refractivity contribution in [3.8, 4) is 0 Å². The Morgan fingerprint density at radius 1 is 1.14 bits per heavy atom. The topological polar surface area (TPSA) is 41.1 Å². The summed E-state index contributed by atoms with van der Waals surface area (Å²) in [5.74, 6) is 0.0361. The monoisotopic (exact) mass is 298 g/mol. The number of benzene rings is 2. The average Bonchev–Trinajstić information content (AvgIpc) is 3.32. The van der Waals surface area contributed by atoms with Crippen LogP contribution >= 0.6 is 0 Å². The molecule has 3 nitrogen and oxygen atoms in total. The molecule has 0 saturated heterocycles. The van der Waals surface area contributed by atoms with Crippen LogP contribution in [0.5, 0.6) is 0 Å². The van der Waals surface area contributed by atoms with Gasteiger partial charge in [-0.3, -0.25) is 4.79 Å². The molecular weight excluding hydrogens is 279 g/mol. The van der Waals surface area contributed by atoms with E-state index in [9.17, 15) is 9.18 Å². The van der Waals surface area contributed by atoms with E-state index in [2.05, 4.69) is 10.6 Å². The number of halogens is 1. The van der Waals surface area contributed by atoms with Gasteiger partial charge >= 0.3 is 0 Å². The van der Waals surface area contributed by atoms with Gasteiger partial charge in [-0.05, 0) is 44.0 Å². The Morgan fingerprint density at radius 2 is 1.86 bits per heavy atom. The van der Waals surface area contributed by atoms with Crippen molar-refractivity contribution in [2.45, 2.75) is 25.8 Å². The maximum absolute atomic E-state index is 13.8. The van der Waals surface area contributed by atoms with Gasteiger partial charge in [-0.25, -0.2) is 4.39 Å². The van der Waals surface area contributed by atoms with E-state index in [0.29, 0.717) is 5.56 Å². The number of carbonyl (C=O) groups is 1. The zero-order chi connectivity index (χ0) is 15.5. The molecule has 1 saturated carbocycles. The molecular formula is C18H19FN2O. The molecule has 0 aromatic heterocycles. The Kier molecular flexibility index (Phi) is 4.09. The molecule has 4 heteroatoms. The van der Waals surface area contributed by atoms with Crippen LogP contribution in [0.2, 0.25) is 0 Å². The summed E-state index contributed by atoms with van der Waals surface area (Å²) >= 11 is 0. The molecule has 0 bridgehead atoms. The minimum absolute atomic E-state index is 0.0827. The van der Waals surface area contributed by atoms with E-state index in [4.69, 9.17) is 0 Å². The summed E-state index contributed by atoms with van der Waals surface area (Å²) in [6.45, 7) is 1.91. The third kappa shape index (κ3) is 3.45. The van der Waals surface area contributed by atoms with Crippen LogP contribution in [0.25, 0.3) is 0 Å². The zero-order valence-electron chi connectivity index (χ0n) is 12.5. The third-order valence-corrected chi connectivity index (χ3v) is 3.83. The molecule has 22 heavy (non-hydrogen) atoms. The lowest BCUT2D eigenvalue weighted by Gasteiger charge is -2.17. The fraction of sp³-hybridized carbons (Fsp3) is 0.278. The second-order valence-corrected chi connectivity index (χ2v) is 5.73. The van der Waals surface area contributed by atoms with Crippen LogP contribution in [-0.2, 0) is 4.79 Å². The SMILES string of the molecule is CC(Nc1cccc(NC(=O)C2CC2)c1)c1ccccc1F. The van der Waals surface area contributed by atoms with Gasteiger partial charge in [0.25, 0.3) is 0 Å². The molecule has 1 fully saturated rings. The van der Waals surface area contributed by atoms with Crippen LogP contribution < -0.4 is 10.6 Å². The molecule has 1 aliphatic carbocycles. The first-order chi connectivity index (χ1) is 10.6. The summed E-state index contributed by atoms with van der Waals surface area (Å²) in [6, 6.07) is 14.1. The molecule has 0 aliphatic heterocycles. The number of hydrogen-bond acceptors (Lipinski definition) is 2. The number of rotatable bonds is 5. The minimum atomic E-state index is -0.222. The quantitative estimate of drug-likeness (QED) is 0.861. The first kappa shape index (κ1) is 14.6. The Balaban J connectivity index is 1.69. The summed E-state index contributed by atoms with van der Waals surface area (Å²) in [5, 5.41) is 6.18. The summed E-state index contributed by atoms with van der Waals surface area (Å²) in [7, 11) is 0. The lowest BCUT2D eigenvalue weighted by Crippen LogP contribution is -2.13. The van der Waals surface area contributed by atoms with Gasteiger partial charge in [0, 0.05) is 22.9 Å². The van der Waals surface area contributed by atoms with Crippen molar-refractivity contribution >= 4 is 17.3 Å². The number of amides is 1. The molecule has 2 aromatic carbocycles. The average molecular weight is 298 g/mol. The molecule has 1 atom stereocenters. The molecule has 0 spiro atoms. The maximum atomic E-state index is 13.8. The highest BCUT2D eigenvalue weighted by atomic mass is 19.1. The van der Waals surface area contributed by atoms with Crippen molar-refractivity contribution in [3.05, 3.63) is 59.9 Å². The molecule has 114 valence electrons. The van der Waals surface area contributed by atoms with E-state index in [1.807, 2.05) is 37.3 Å². The Bertz CT molecular complexity index is 682. The fourth-order valence-corrected chi connectivity index (χ4v) is 2.43. The summed E-state index contributed by atoms with van der Waals surface area (Å²) < 4.78 is 13.8. The maximum Gasteiger partial charge on any atom is 0.227 e. The van der Waals surface area contributed by atoms with Crippen molar-refractivity contribution in [2.24, 2.45) is 5.92 Å². The third-order valence-electron chi connectivity index (χ3n) is 3.83. The second-order valence-electron chi connectivity index (χ2n) is 5.73. The summed E-state index contributed by atoms with van der Waals surface area (Å²) in [4.78, 5) is 11.8. The standard InChI is InChI=1S/C18H19FN2O/c1-12(16-7-2-3-8-17(16)19)20-14-5-4-6-15(11-14)21-18(22)13-9-10-13/h2-8,11-13,20H,9-10H2,1H3,(H,21,22). The fourth-order valence-electron chi connectivity index (χ4n) is 2.43. The van der Waals surface area contributed by atoms with E-state index >= 15 is 0 Å². The summed E-state index contributed by atoms with van der Waals surface area (Å²) in [5.41, 5.74) is 2.24. The van der Waals surface area contributed by atoms with Gasteiger partial charge < -0.3 is 10.6 Å². The summed E-state index contributed by atoms with van der Waals surface area (Å²) in [6.07, 6.45) is 1.96. The Morgan fingerprint density at radius 3 is 2.59 bits per heavy atom.